The molecule has 0 bridgehead atoms. The van der Waals surface area contributed by atoms with Crippen LogP contribution in [-0.2, 0) is 16.6 Å². The molecule has 0 spiro atoms. The van der Waals surface area contributed by atoms with Gasteiger partial charge >= 0.3 is 0 Å². The molecule has 0 aliphatic heterocycles. The summed E-state index contributed by atoms with van der Waals surface area (Å²) in [7, 11) is -1.42. The summed E-state index contributed by atoms with van der Waals surface area (Å²) in [6.07, 6.45) is 0.675. The van der Waals surface area contributed by atoms with E-state index in [0.717, 1.165) is 16.9 Å². The third-order valence-corrected chi connectivity index (χ3v) is 4.94. The maximum atomic E-state index is 11.3. The molecule has 0 amide bonds. The van der Waals surface area contributed by atoms with Crippen LogP contribution in [0, 0.1) is 6.92 Å². The SMILES string of the molecule is CCOc1cc(C)ccc1CNC(=NC)NCCCNS(=O)(=O)CC.I. The summed E-state index contributed by atoms with van der Waals surface area (Å²) >= 11 is 0. The normalized spacial score (nSPS) is 11.6. The second kappa shape index (κ2) is 13.2. The first-order valence-electron chi connectivity index (χ1n) is 8.56. The van der Waals surface area contributed by atoms with Crippen molar-refractivity contribution in [2.45, 2.75) is 33.7 Å². The van der Waals surface area contributed by atoms with Crippen molar-refractivity contribution in [1.29, 1.82) is 0 Å². The summed E-state index contributed by atoms with van der Waals surface area (Å²) in [6, 6.07) is 6.12. The van der Waals surface area contributed by atoms with Crippen molar-refractivity contribution in [3.8, 4) is 5.75 Å². The fourth-order valence-electron chi connectivity index (χ4n) is 2.12. The van der Waals surface area contributed by atoms with E-state index in [2.05, 4.69) is 26.4 Å². The maximum absolute atomic E-state index is 11.3. The fraction of sp³-hybridized carbons (Fsp3) is 0.588. The van der Waals surface area contributed by atoms with E-state index >= 15 is 0 Å². The molecule has 0 aromatic heterocycles. The molecule has 0 saturated carbocycles. The van der Waals surface area contributed by atoms with Crippen molar-refractivity contribution >= 4 is 40.0 Å². The van der Waals surface area contributed by atoms with Crippen molar-refractivity contribution in [3.05, 3.63) is 29.3 Å². The highest BCUT2D eigenvalue weighted by Crippen LogP contribution is 2.20. The van der Waals surface area contributed by atoms with E-state index in [-0.39, 0.29) is 29.7 Å². The van der Waals surface area contributed by atoms with E-state index in [1.807, 2.05) is 26.0 Å². The van der Waals surface area contributed by atoms with Crippen LogP contribution in [0.5, 0.6) is 5.75 Å². The number of ether oxygens (including phenoxy) is 1. The van der Waals surface area contributed by atoms with E-state index in [9.17, 15) is 8.42 Å². The Labute approximate surface area is 174 Å². The van der Waals surface area contributed by atoms with Crippen LogP contribution in [0.1, 0.15) is 31.4 Å². The molecule has 0 unspecified atom stereocenters. The number of benzene rings is 1. The second-order valence-electron chi connectivity index (χ2n) is 5.55. The highest BCUT2D eigenvalue weighted by molar-refractivity contribution is 14.0. The molecule has 0 saturated heterocycles. The van der Waals surface area contributed by atoms with E-state index in [4.69, 9.17) is 4.74 Å². The number of hydrogen-bond donors (Lipinski definition) is 3. The molecule has 0 radical (unpaired) electrons. The van der Waals surface area contributed by atoms with Gasteiger partial charge in [0, 0.05) is 32.2 Å². The van der Waals surface area contributed by atoms with E-state index < -0.39 is 10.0 Å². The number of guanidine groups is 1. The lowest BCUT2D eigenvalue weighted by Gasteiger charge is -2.15. The van der Waals surface area contributed by atoms with Crippen molar-refractivity contribution in [3.63, 3.8) is 0 Å². The molecule has 1 aromatic carbocycles. The zero-order valence-electron chi connectivity index (χ0n) is 16.0. The molecule has 7 nitrogen and oxygen atoms in total. The average molecular weight is 498 g/mol. The lowest BCUT2D eigenvalue weighted by molar-refractivity contribution is 0.336. The van der Waals surface area contributed by atoms with Crippen LogP contribution in [0.4, 0.5) is 0 Å². The largest absolute Gasteiger partial charge is 0.494 e. The van der Waals surface area contributed by atoms with Gasteiger partial charge in [0.15, 0.2) is 5.96 Å². The topological polar surface area (TPSA) is 91.8 Å². The van der Waals surface area contributed by atoms with Crippen LogP contribution in [0.3, 0.4) is 0 Å². The van der Waals surface area contributed by atoms with Crippen LogP contribution in [0.25, 0.3) is 0 Å². The molecular formula is C17H31IN4O3S. The van der Waals surface area contributed by atoms with Gasteiger partial charge in [-0.2, -0.15) is 0 Å². The van der Waals surface area contributed by atoms with Gasteiger partial charge in [-0.3, -0.25) is 4.99 Å². The Hall–Kier alpha value is -1.07. The fourth-order valence-corrected chi connectivity index (χ4v) is 2.78. The quantitative estimate of drug-likeness (QED) is 0.199. The number of sulfonamides is 1. The molecule has 9 heteroatoms. The Kier molecular flexibility index (Phi) is 12.6. The van der Waals surface area contributed by atoms with Gasteiger partial charge in [0.2, 0.25) is 10.0 Å². The van der Waals surface area contributed by atoms with Crippen molar-refractivity contribution in [1.82, 2.24) is 15.4 Å². The number of hydrogen-bond acceptors (Lipinski definition) is 4. The Bertz CT molecular complexity index is 666. The average Bonchev–Trinajstić information content (AvgIpc) is 2.59. The highest BCUT2D eigenvalue weighted by atomic mass is 127. The molecule has 0 fully saturated rings. The predicted molar refractivity (Wildman–Crippen MR) is 118 cm³/mol. The number of aliphatic imine (C=N–C) groups is 1. The highest BCUT2D eigenvalue weighted by Gasteiger charge is 2.06. The molecule has 3 N–H and O–H groups in total. The molecule has 0 atom stereocenters. The lowest BCUT2D eigenvalue weighted by Crippen LogP contribution is -2.38. The van der Waals surface area contributed by atoms with Gasteiger partial charge in [-0.05, 0) is 38.8 Å². The number of aryl methyl sites for hydroxylation is 1. The number of rotatable bonds is 10. The van der Waals surface area contributed by atoms with Gasteiger partial charge < -0.3 is 15.4 Å². The number of nitrogens with one attached hydrogen (secondary N) is 3. The van der Waals surface area contributed by atoms with Gasteiger partial charge in [0.25, 0.3) is 0 Å². The van der Waals surface area contributed by atoms with Gasteiger partial charge in [-0.25, -0.2) is 13.1 Å². The molecule has 1 aromatic rings. The van der Waals surface area contributed by atoms with Crippen molar-refractivity contribution in [2.24, 2.45) is 4.99 Å². The molecule has 0 aliphatic rings. The third kappa shape index (κ3) is 9.58. The number of nitrogens with zero attached hydrogens (tertiary/aromatic N) is 1. The van der Waals surface area contributed by atoms with Crippen LogP contribution in [0.2, 0.25) is 0 Å². The Morgan fingerprint density at radius 1 is 1.19 bits per heavy atom. The van der Waals surface area contributed by atoms with Crippen LogP contribution in [-0.4, -0.2) is 46.9 Å². The molecule has 150 valence electrons. The monoisotopic (exact) mass is 498 g/mol. The van der Waals surface area contributed by atoms with Gasteiger partial charge in [-0.15, -0.1) is 24.0 Å². The van der Waals surface area contributed by atoms with Crippen LogP contribution in [0.15, 0.2) is 23.2 Å². The predicted octanol–water partition coefficient (Wildman–Crippen LogP) is 2.01. The summed E-state index contributed by atoms with van der Waals surface area (Å²) in [5, 5.41) is 6.41. The summed E-state index contributed by atoms with van der Waals surface area (Å²) < 4.78 is 30.9. The van der Waals surface area contributed by atoms with Gasteiger partial charge in [0.1, 0.15) is 5.75 Å². The maximum Gasteiger partial charge on any atom is 0.211 e. The summed E-state index contributed by atoms with van der Waals surface area (Å²) in [5.41, 5.74) is 2.22. The molecule has 1 rings (SSSR count). The summed E-state index contributed by atoms with van der Waals surface area (Å²) in [5.74, 6) is 1.64. The Balaban J connectivity index is 0.00000625. The summed E-state index contributed by atoms with van der Waals surface area (Å²) in [6.45, 7) is 7.87. The van der Waals surface area contributed by atoms with E-state index in [0.29, 0.717) is 38.6 Å². The molecular weight excluding hydrogens is 467 g/mol. The van der Waals surface area contributed by atoms with Crippen molar-refractivity contribution < 1.29 is 13.2 Å². The molecule has 0 heterocycles. The zero-order chi connectivity index (χ0) is 18.7. The Morgan fingerprint density at radius 2 is 1.92 bits per heavy atom. The van der Waals surface area contributed by atoms with Gasteiger partial charge in [0.05, 0.1) is 12.4 Å². The second-order valence-corrected chi connectivity index (χ2v) is 7.64. The van der Waals surface area contributed by atoms with E-state index in [1.54, 1.807) is 14.0 Å². The van der Waals surface area contributed by atoms with Crippen LogP contribution < -0.4 is 20.1 Å². The molecule has 26 heavy (non-hydrogen) atoms. The van der Waals surface area contributed by atoms with E-state index in [1.165, 1.54) is 0 Å². The summed E-state index contributed by atoms with van der Waals surface area (Å²) in [4.78, 5) is 4.17. The standard InChI is InChI=1S/C17H30N4O3S.HI/c1-5-24-16-12-14(3)8-9-15(16)13-20-17(18-4)19-10-7-11-21-25(22,23)6-2;/h8-9,12,21H,5-7,10-11,13H2,1-4H3,(H2,18,19,20);1H. The van der Waals surface area contributed by atoms with Gasteiger partial charge in [-0.1, -0.05) is 12.1 Å². The first kappa shape index (κ1) is 24.9. The third-order valence-electron chi connectivity index (χ3n) is 3.54. The minimum Gasteiger partial charge on any atom is -0.494 e. The van der Waals surface area contributed by atoms with Crippen LogP contribution >= 0.6 is 24.0 Å². The Morgan fingerprint density at radius 3 is 2.54 bits per heavy atom. The minimum absolute atomic E-state index is 0. The zero-order valence-corrected chi connectivity index (χ0v) is 19.1. The lowest BCUT2D eigenvalue weighted by atomic mass is 10.1. The number of halogens is 1. The first-order valence-corrected chi connectivity index (χ1v) is 10.2. The smallest absolute Gasteiger partial charge is 0.211 e. The first-order chi connectivity index (χ1) is 11.9. The van der Waals surface area contributed by atoms with Crippen molar-refractivity contribution in [2.75, 3.05) is 32.5 Å². The minimum atomic E-state index is -3.12. The molecule has 0 aliphatic carbocycles.